The number of rotatable bonds is 8. The number of benzene rings is 2. The number of hydrogen-bond acceptors (Lipinski definition) is 6. The molecule has 0 spiro atoms. The molecule has 9 heteroatoms. The molecule has 1 aromatic heterocycles. The van der Waals surface area contributed by atoms with E-state index in [0.29, 0.717) is 48.2 Å². The van der Waals surface area contributed by atoms with E-state index in [2.05, 4.69) is 20.9 Å². The lowest BCUT2D eigenvalue weighted by Gasteiger charge is -2.27. The number of nitrogens with zero attached hydrogens (tertiary/aromatic N) is 2. The number of halogens is 1. The van der Waals surface area contributed by atoms with Gasteiger partial charge in [0.15, 0.2) is 0 Å². The Balaban J connectivity index is 1.58. The van der Waals surface area contributed by atoms with Crippen LogP contribution < -0.4 is 16.0 Å². The molecule has 0 unspecified atom stereocenters. The fourth-order valence-corrected chi connectivity index (χ4v) is 3.88. The van der Waals surface area contributed by atoms with Gasteiger partial charge in [-0.25, -0.2) is 14.2 Å². The van der Waals surface area contributed by atoms with Crippen molar-refractivity contribution in [1.82, 2.24) is 15.2 Å². The summed E-state index contributed by atoms with van der Waals surface area (Å²) in [6.07, 6.45) is 1.21. The molecule has 2 amide bonds. The first-order chi connectivity index (χ1) is 17.0. The third kappa shape index (κ3) is 6.62. The number of pyridine rings is 1. The lowest BCUT2D eigenvalue weighted by atomic mass is 10.1. The molecule has 1 saturated heterocycles. The molecule has 2 heterocycles. The van der Waals surface area contributed by atoms with E-state index < -0.39 is 0 Å². The van der Waals surface area contributed by atoms with Crippen molar-refractivity contribution in [2.45, 2.75) is 19.5 Å². The summed E-state index contributed by atoms with van der Waals surface area (Å²) in [7, 11) is 0. The predicted molar refractivity (Wildman–Crippen MR) is 135 cm³/mol. The number of aromatic nitrogens is 1. The lowest BCUT2D eigenvalue weighted by Crippen LogP contribution is -2.36. The van der Waals surface area contributed by atoms with Crippen molar-refractivity contribution in [2.75, 3.05) is 36.9 Å². The van der Waals surface area contributed by atoms with Gasteiger partial charge < -0.3 is 20.8 Å². The highest BCUT2D eigenvalue weighted by Gasteiger charge is 2.19. The van der Waals surface area contributed by atoms with Gasteiger partial charge in [0.2, 0.25) is 0 Å². The Kier molecular flexibility index (Phi) is 8.02. The molecule has 1 fully saturated rings. The Hall–Kier alpha value is -3.82. The van der Waals surface area contributed by atoms with Gasteiger partial charge in [-0.2, -0.15) is 0 Å². The normalized spacial score (nSPS) is 14.7. The number of carbonyl (C=O) groups is 1. The quantitative estimate of drug-likeness (QED) is 0.354. The number of hydrogen-bond donors (Lipinski definition) is 4. The monoisotopic (exact) mass is 476 g/mol. The van der Waals surface area contributed by atoms with Gasteiger partial charge in [-0.05, 0) is 42.8 Å². The molecule has 182 valence electrons. The highest BCUT2D eigenvalue weighted by molar-refractivity contribution is 5.93. The van der Waals surface area contributed by atoms with Crippen LogP contribution in [0.2, 0.25) is 0 Å². The second-order valence-electron chi connectivity index (χ2n) is 8.31. The molecule has 1 atom stereocenters. The van der Waals surface area contributed by atoms with E-state index in [-0.39, 0.29) is 17.9 Å². The topological polar surface area (TPSA) is 102 Å². The highest BCUT2D eigenvalue weighted by atomic mass is 19.1. The maximum absolute atomic E-state index is 13.4. The summed E-state index contributed by atoms with van der Waals surface area (Å²) in [5.41, 5.74) is 3.53. The number of morpholine rings is 1. The van der Waals surface area contributed by atoms with Crippen LogP contribution >= 0.6 is 0 Å². The average Bonchev–Trinajstić information content (AvgIpc) is 2.87. The summed E-state index contributed by atoms with van der Waals surface area (Å²) in [6, 6.07) is 16.8. The highest BCUT2D eigenvalue weighted by Crippen LogP contribution is 2.27. The van der Waals surface area contributed by atoms with Gasteiger partial charge in [-0.1, -0.05) is 30.3 Å². The number of urea groups is 1. The number of carbonyl (C=O) groups excluding carboxylic acids is 1. The molecule has 0 aliphatic carbocycles. The van der Waals surface area contributed by atoms with Crippen LogP contribution in [0.3, 0.4) is 0 Å². The number of ether oxygens (including phenoxy) is 1. The van der Waals surface area contributed by atoms with Crippen LogP contribution in [0.5, 0.6) is 0 Å². The minimum absolute atomic E-state index is 0.189. The Morgan fingerprint density at radius 2 is 1.89 bits per heavy atom. The van der Waals surface area contributed by atoms with E-state index in [1.165, 1.54) is 18.3 Å². The minimum Gasteiger partial charge on any atom is -0.379 e. The van der Waals surface area contributed by atoms with Crippen LogP contribution in [0, 0.1) is 11.2 Å². The molecule has 0 radical (unpaired) electrons. The number of nitrogens with one attached hydrogen (secondary N) is 4. The Morgan fingerprint density at radius 1 is 1.17 bits per heavy atom. The number of amides is 2. The SMILES string of the molecule is C[C@@H](NC(=O)Nc1cc(C=N)c(Nc2ccc(F)cc2)c(CN2CCOCC2)n1)c1ccccc1. The standard InChI is InChI=1S/C26H29FN6O2/c1-18(19-5-3-2-4-6-19)29-26(34)32-24-15-20(16-28)25(30-22-9-7-21(27)8-10-22)23(31-24)17-33-11-13-35-14-12-33/h2-10,15-16,18,28,30H,11-14,17H2,1H3,(H2,29,31,32,34)/t18-/m1/s1. The van der Waals surface area contributed by atoms with Crippen molar-refractivity contribution in [3.63, 3.8) is 0 Å². The number of anilines is 3. The van der Waals surface area contributed by atoms with Gasteiger partial charge in [0, 0.05) is 37.1 Å². The van der Waals surface area contributed by atoms with E-state index in [9.17, 15) is 9.18 Å². The van der Waals surface area contributed by atoms with Crippen LogP contribution in [-0.4, -0.2) is 48.4 Å². The molecule has 35 heavy (non-hydrogen) atoms. The maximum Gasteiger partial charge on any atom is 0.320 e. The van der Waals surface area contributed by atoms with E-state index >= 15 is 0 Å². The second kappa shape index (κ2) is 11.5. The molecule has 2 aromatic carbocycles. The molecule has 1 aliphatic rings. The zero-order valence-electron chi connectivity index (χ0n) is 19.6. The zero-order valence-corrected chi connectivity index (χ0v) is 19.6. The zero-order chi connectivity index (χ0) is 24.6. The smallest absolute Gasteiger partial charge is 0.320 e. The summed E-state index contributed by atoms with van der Waals surface area (Å²) in [4.78, 5) is 19.6. The van der Waals surface area contributed by atoms with Gasteiger partial charge in [0.05, 0.1) is 30.6 Å². The van der Waals surface area contributed by atoms with Crippen molar-refractivity contribution >= 4 is 29.4 Å². The van der Waals surface area contributed by atoms with Gasteiger partial charge in [0.1, 0.15) is 11.6 Å². The molecule has 3 aromatic rings. The van der Waals surface area contributed by atoms with Crippen LogP contribution in [0.4, 0.5) is 26.4 Å². The molecule has 0 bridgehead atoms. The minimum atomic E-state index is -0.388. The molecule has 8 nitrogen and oxygen atoms in total. The van der Waals surface area contributed by atoms with Crippen molar-refractivity contribution in [3.05, 3.63) is 83.3 Å². The van der Waals surface area contributed by atoms with Crippen LogP contribution in [-0.2, 0) is 11.3 Å². The summed E-state index contributed by atoms with van der Waals surface area (Å²) in [5.74, 6) is 0.0129. The van der Waals surface area contributed by atoms with Gasteiger partial charge in [-0.3, -0.25) is 10.2 Å². The third-order valence-electron chi connectivity index (χ3n) is 5.76. The average molecular weight is 477 g/mol. The van der Waals surface area contributed by atoms with Crippen LogP contribution in [0.25, 0.3) is 0 Å². The van der Waals surface area contributed by atoms with E-state index in [4.69, 9.17) is 15.1 Å². The van der Waals surface area contributed by atoms with E-state index in [0.717, 1.165) is 18.7 Å². The van der Waals surface area contributed by atoms with E-state index in [1.54, 1.807) is 18.2 Å². The van der Waals surface area contributed by atoms with Gasteiger partial charge >= 0.3 is 6.03 Å². The molecule has 0 saturated carbocycles. The van der Waals surface area contributed by atoms with Crippen molar-refractivity contribution in [1.29, 1.82) is 5.41 Å². The summed E-state index contributed by atoms with van der Waals surface area (Å²) < 4.78 is 18.8. The Bertz CT molecular complexity index is 1150. The summed E-state index contributed by atoms with van der Waals surface area (Å²) in [6.45, 7) is 5.19. The maximum atomic E-state index is 13.4. The largest absolute Gasteiger partial charge is 0.379 e. The fraction of sp³-hybridized carbons (Fsp3) is 0.269. The van der Waals surface area contributed by atoms with E-state index in [1.807, 2.05) is 37.3 Å². The van der Waals surface area contributed by atoms with Gasteiger partial charge in [0.25, 0.3) is 0 Å². The van der Waals surface area contributed by atoms with Crippen LogP contribution in [0.15, 0.2) is 60.7 Å². The predicted octanol–water partition coefficient (Wildman–Crippen LogP) is 4.68. The lowest BCUT2D eigenvalue weighted by molar-refractivity contribution is 0.0337. The molecular formula is C26H29FN6O2. The summed E-state index contributed by atoms with van der Waals surface area (Å²) >= 11 is 0. The molecule has 1 aliphatic heterocycles. The first kappa shape index (κ1) is 24.3. The first-order valence-electron chi connectivity index (χ1n) is 11.5. The summed E-state index contributed by atoms with van der Waals surface area (Å²) in [5, 5.41) is 17.0. The molecular weight excluding hydrogens is 447 g/mol. The fourth-order valence-electron chi connectivity index (χ4n) is 3.88. The van der Waals surface area contributed by atoms with Crippen LogP contribution in [0.1, 0.15) is 29.8 Å². The van der Waals surface area contributed by atoms with Gasteiger partial charge in [-0.15, -0.1) is 0 Å². The van der Waals surface area contributed by atoms with Crippen molar-refractivity contribution < 1.29 is 13.9 Å². The second-order valence-corrected chi connectivity index (χ2v) is 8.31. The molecule has 4 rings (SSSR count). The first-order valence-corrected chi connectivity index (χ1v) is 11.5. The molecule has 4 N–H and O–H groups in total. The van der Waals surface area contributed by atoms with Crippen molar-refractivity contribution in [2.24, 2.45) is 0 Å². The van der Waals surface area contributed by atoms with Crippen molar-refractivity contribution in [3.8, 4) is 0 Å². The third-order valence-corrected chi connectivity index (χ3v) is 5.76. The Morgan fingerprint density at radius 3 is 2.57 bits per heavy atom. The Labute approximate surface area is 204 Å².